The highest BCUT2D eigenvalue weighted by atomic mass is 32.2. The predicted molar refractivity (Wildman–Crippen MR) is 87.8 cm³/mol. The minimum Gasteiger partial charge on any atom is -0.488 e. The summed E-state index contributed by atoms with van der Waals surface area (Å²) in [5.41, 5.74) is 1.10. The van der Waals surface area contributed by atoms with E-state index in [-0.39, 0.29) is 0 Å². The van der Waals surface area contributed by atoms with Crippen LogP contribution in [0, 0.1) is 5.92 Å². The predicted octanol–water partition coefficient (Wildman–Crippen LogP) is 4.33. The van der Waals surface area contributed by atoms with Gasteiger partial charge in [-0.25, -0.2) is 0 Å². The zero-order valence-corrected chi connectivity index (χ0v) is 13.7. The maximum absolute atomic E-state index is 5.93. The van der Waals surface area contributed by atoms with E-state index in [9.17, 15) is 0 Å². The van der Waals surface area contributed by atoms with Crippen molar-refractivity contribution >= 4 is 11.8 Å². The Balaban J connectivity index is 1.93. The van der Waals surface area contributed by atoms with Crippen LogP contribution in [0.3, 0.4) is 0 Å². The molecule has 4 heteroatoms. The summed E-state index contributed by atoms with van der Waals surface area (Å²) < 4.78 is 11.5. The first-order valence-electron chi connectivity index (χ1n) is 7.22. The molecule has 3 nitrogen and oxygen atoms in total. The largest absolute Gasteiger partial charge is 0.488 e. The van der Waals surface area contributed by atoms with Gasteiger partial charge in [-0.1, -0.05) is 26.0 Å². The van der Waals surface area contributed by atoms with Gasteiger partial charge < -0.3 is 14.5 Å². The Morgan fingerprint density at radius 2 is 2.05 bits per heavy atom. The van der Waals surface area contributed by atoms with Gasteiger partial charge in [0.15, 0.2) is 0 Å². The molecule has 2 aromatic rings. The van der Waals surface area contributed by atoms with Crippen molar-refractivity contribution < 1.29 is 9.15 Å². The van der Waals surface area contributed by atoms with E-state index in [0.717, 1.165) is 35.1 Å². The molecule has 0 bridgehead atoms. The van der Waals surface area contributed by atoms with Crippen LogP contribution in [0.25, 0.3) is 0 Å². The number of thioether (sulfide) groups is 1. The van der Waals surface area contributed by atoms with E-state index in [1.165, 1.54) is 0 Å². The third kappa shape index (κ3) is 4.83. The molecule has 0 aliphatic rings. The lowest BCUT2D eigenvalue weighted by atomic mass is 10.2. The number of furan rings is 1. The van der Waals surface area contributed by atoms with Crippen molar-refractivity contribution in [2.75, 3.05) is 12.8 Å². The van der Waals surface area contributed by atoms with Crippen LogP contribution in [0.5, 0.6) is 5.75 Å². The molecule has 0 saturated heterocycles. The fraction of sp³-hybridized carbons (Fsp3) is 0.412. The SMILES string of the molecule is CSc1ccccc1OCc1ccoc1CNCC(C)C. The van der Waals surface area contributed by atoms with Crippen LogP contribution in [0.2, 0.25) is 0 Å². The van der Waals surface area contributed by atoms with Crippen LogP contribution in [-0.2, 0) is 13.2 Å². The van der Waals surface area contributed by atoms with E-state index < -0.39 is 0 Å². The Morgan fingerprint density at radius 3 is 2.81 bits per heavy atom. The lowest BCUT2D eigenvalue weighted by Crippen LogP contribution is -2.19. The molecule has 0 saturated carbocycles. The molecule has 0 unspecified atom stereocenters. The van der Waals surface area contributed by atoms with Crippen LogP contribution in [0.15, 0.2) is 45.9 Å². The third-order valence-electron chi connectivity index (χ3n) is 3.13. The number of hydrogen-bond acceptors (Lipinski definition) is 4. The highest BCUT2D eigenvalue weighted by Crippen LogP contribution is 2.28. The lowest BCUT2D eigenvalue weighted by Gasteiger charge is -2.10. The summed E-state index contributed by atoms with van der Waals surface area (Å²) in [5, 5.41) is 3.39. The summed E-state index contributed by atoms with van der Waals surface area (Å²) in [6.07, 6.45) is 3.78. The molecule has 0 fully saturated rings. The zero-order valence-electron chi connectivity index (χ0n) is 12.9. The van der Waals surface area contributed by atoms with Gasteiger partial charge in [-0.2, -0.15) is 0 Å². The van der Waals surface area contributed by atoms with Gasteiger partial charge in [0, 0.05) is 10.5 Å². The molecule has 0 amide bonds. The third-order valence-corrected chi connectivity index (χ3v) is 3.91. The van der Waals surface area contributed by atoms with E-state index in [0.29, 0.717) is 12.5 Å². The Hall–Kier alpha value is -1.39. The van der Waals surface area contributed by atoms with Crippen molar-refractivity contribution in [3.8, 4) is 5.75 Å². The first kappa shape index (κ1) is 16.0. The normalized spacial score (nSPS) is 11.0. The fourth-order valence-corrected chi connectivity index (χ4v) is 2.56. The molecule has 1 aromatic heterocycles. The van der Waals surface area contributed by atoms with E-state index in [1.807, 2.05) is 24.3 Å². The van der Waals surface area contributed by atoms with Gasteiger partial charge in [0.05, 0.1) is 12.8 Å². The first-order valence-corrected chi connectivity index (χ1v) is 8.45. The second kappa shape index (κ2) is 8.15. The van der Waals surface area contributed by atoms with Crippen LogP contribution in [0.1, 0.15) is 25.2 Å². The molecular formula is C17H23NO2S. The highest BCUT2D eigenvalue weighted by Gasteiger charge is 2.08. The highest BCUT2D eigenvalue weighted by molar-refractivity contribution is 7.98. The Kier molecular flexibility index (Phi) is 6.21. The molecule has 2 rings (SSSR count). The van der Waals surface area contributed by atoms with Crippen LogP contribution < -0.4 is 10.1 Å². The number of ether oxygens (including phenoxy) is 1. The molecule has 0 atom stereocenters. The summed E-state index contributed by atoms with van der Waals surface area (Å²) in [6, 6.07) is 10.1. The van der Waals surface area contributed by atoms with E-state index >= 15 is 0 Å². The summed E-state index contributed by atoms with van der Waals surface area (Å²) >= 11 is 1.69. The second-order valence-corrected chi connectivity index (χ2v) is 6.18. The molecule has 0 aliphatic heterocycles. The van der Waals surface area contributed by atoms with Gasteiger partial charge in [0.25, 0.3) is 0 Å². The molecule has 1 heterocycles. The molecule has 0 aliphatic carbocycles. The molecular weight excluding hydrogens is 282 g/mol. The number of benzene rings is 1. The van der Waals surface area contributed by atoms with Crippen molar-refractivity contribution in [1.82, 2.24) is 5.32 Å². The molecule has 114 valence electrons. The molecule has 0 spiro atoms. The second-order valence-electron chi connectivity index (χ2n) is 5.33. The van der Waals surface area contributed by atoms with Crippen molar-refractivity contribution in [3.05, 3.63) is 47.9 Å². The zero-order chi connectivity index (χ0) is 15.1. The minimum absolute atomic E-state index is 0.534. The summed E-state index contributed by atoms with van der Waals surface area (Å²) in [5.74, 6) is 2.51. The van der Waals surface area contributed by atoms with Gasteiger partial charge in [-0.05, 0) is 36.9 Å². The quantitative estimate of drug-likeness (QED) is 0.736. The molecule has 1 aromatic carbocycles. The number of nitrogens with one attached hydrogen (secondary N) is 1. The van der Waals surface area contributed by atoms with Crippen molar-refractivity contribution in [3.63, 3.8) is 0 Å². The number of hydrogen-bond donors (Lipinski definition) is 1. The van der Waals surface area contributed by atoms with Crippen LogP contribution >= 0.6 is 11.8 Å². The van der Waals surface area contributed by atoms with Gasteiger partial charge in [0.1, 0.15) is 18.1 Å². The fourth-order valence-electron chi connectivity index (χ4n) is 2.02. The van der Waals surface area contributed by atoms with Crippen molar-refractivity contribution in [2.45, 2.75) is 31.9 Å². The van der Waals surface area contributed by atoms with Crippen LogP contribution in [-0.4, -0.2) is 12.8 Å². The average molecular weight is 305 g/mol. The summed E-state index contributed by atoms with van der Waals surface area (Å²) in [4.78, 5) is 1.15. The Morgan fingerprint density at radius 1 is 1.24 bits per heavy atom. The number of rotatable bonds is 8. The standard InChI is InChI=1S/C17H23NO2S/c1-13(2)10-18-11-16-14(8-9-19-16)12-20-15-6-4-5-7-17(15)21-3/h4-9,13,18H,10-12H2,1-3H3. The topological polar surface area (TPSA) is 34.4 Å². The van der Waals surface area contributed by atoms with Crippen molar-refractivity contribution in [2.24, 2.45) is 5.92 Å². The minimum atomic E-state index is 0.534. The molecule has 1 N–H and O–H groups in total. The maximum Gasteiger partial charge on any atom is 0.133 e. The van der Waals surface area contributed by atoms with Gasteiger partial charge in [-0.15, -0.1) is 11.8 Å². The van der Waals surface area contributed by atoms with Gasteiger partial charge in [0.2, 0.25) is 0 Å². The van der Waals surface area contributed by atoms with E-state index in [4.69, 9.17) is 9.15 Å². The first-order chi connectivity index (χ1) is 10.2. The monoisotopic (exact) mass is 305 g/mol. The summed E-state index contributed by atoms with van der Waals surface area (Å²) in [6.45, 7) is 6.65. The Labute approximate surface area is 131 Å². The van der Waals surface area contributed by atoms with E-state index in [2.05, 4.69) is 31.5 Å². The lowest BCUT2D eigenvalue weighted by molar-refractivity contribution is 0.294. The molecule has 21 heavy (non-hydrogen) atoms. The van der Waals surface area contributed by atoms with Gasteiger partial charge in [-0.3, -0.25) is 0 Å². The van der Waals surface area contributed by atoms with Crippen LogP contribution in [0.4, 0.5) is 0 Å². The summed E-state index contributed by atoms with van der Waals surface area (Å²) in [7, 11) is 0. The Bertz CT molecular complexity index is 551. The van der Waals surface area contributed by atoms with Gasteiger partial charge >= 0.3 is 0 Å². The average Bonchev–Trinajstić information content (AvgIpc) is 2.92. The smallest absolute Gasteiger partial charge is 0.133 e. The molecule has 0 radical (unpaired) electrons. The van der Waals surface area contributed by atoms with E-state index in [1.54, 1.807) is 18.0 Å². The maximum atomic E-state index is 5.93. The van der Waals surface area contributed by atoms with Crippen molar-refractivity contribution in [1.29, 1.82) is 0 Å². The number of para-hydroxylation sites is 1.